The second kappa shape index (κ2) is 13.5. The zero-order valence-corrected chi connectivity index (χ0v) is 23.2. The average Bonchev–Trinajstić information content (AvgIpc) is 2.88. The predicted molar refractivity (Wildman–Crippen MR) is 152 cm³/mol. The Labute approximate surface area is 225 Å². The number of nitrogens with zero attached hydrogens (tertiary/aromatic N) is 4. The van der Waals surface area contributed by atoms with Crippen molar-refractivity contribution >= 4 is 28.4 Å². The first-order valence-corrected chi connectivity index (χ1v) is 12.8. The summed E-state index contributed by atoms with van der Waals surface area (Å²) in [5, 5.41) is 3.91. The Balaban J connectivity index is 0.000000505. The third kappa shape index (κ3) is 8.26. The van der Waals surface area contributed by atoms with Gasteiger partial charge in [-0.2, -0.15) is 0 Å². The molecule has 1 fully saturated rings. The molecule has 2 aromatic carbocycles. The van der Waals surface area contributed by atoms with Crippen LogP contribution in [0.4, 0.5) is 16.3 Å². The molecule has 2 heterocycles. The van der Waals surface area contributed by atoms with E-state index in [-0.39, 0.29) is 18.2 Å². The minimum atomic E-state index is -0.105. The van der Waals surface area contributed by atoms with Gasteiger partial charge in [-0.15, -0.1) is 0 Å². The van der Waals surface area contributed by atoms with E-state index in [4.69, 9.17) is 14.2 Å². The molecule has 9 heteroatoms. The maximum absolute atomic E-state index is 12.7. The summed E-state index contributed by atoms with van der Waals surface area (Å²) in [6.07, 6.45) is 1.97. The number of carbonyl (C=O) groups is 1. The molecule has 2 amide bonds. The lowest BCUT2D eigenvalue weighted by Gasteiger charge is -2.35. The van der Waals surface area contributed by atoms with Gasteiger partial charge in [0.2, 0.25) is 0 Å². The van der Waals surface area contributed by atoms with E-state index >= 15 is 0 Å². The number of hydrogen-bond acceptors (Lipinski definition) is 7. The molecule has 1 saturated heterocycles. The third-order valence-electron chi connectivity index (χ3n) is 5.60. The Hall–Kier alpha value is -4.01. The van der Waals surface area contributed by atoms with E-state index in [1.54, 1.807) is 13.4 Å². The largest absolute Gasteiger partial charge is 0.497 e. The Morgan fingerprint density at radius 1 is 0.947 bits per heavy atom. The Morgan fingerprint density at radius 3 is 2.16 bits per heavy atom. The van der Waals surface area contributed by atoms with Crippen LogP contribution in [0.1, 0.15) is 34.6 Å². The Morgan fingerprint density at radius 2 is 1.61 bits per heavy atom. The molecule has 0 bridgehead atoms. The number of allylic oxidation sites excluding steroid dienone is 1. The molecule has 9 nitrogen and oxygen atoms in total. The molecule has 0 saturated carbocycles. The van der Waals surface area contributed by atoms with Crippen LogP contribution < -0.4 is 19.7 Å². The Kier molecular flexibility index (Phi) is 10.2. The third-order valence-corrected chi connectivity index (χ3v) is 5.60. The molecular weight excluding hydrogens is 482 g/mol. The van der Waals surface area contributed by atoms with Crippen LogP contribution >= 0.6 is 0 Å². The standard InChI is InChI=1S/C23H27N5O3.C6H12O/c1-16(2)31-18-6-4-17(5-7-18)26-23(29)28-12-10-27(11-13-28)22-20-14-19(30-3)8-9-21(20)24-15-25-22;1-5(2)7-6(3)4/h4-9,14-16H,10-13H2,1-3H3,(H,26,29);6H,1H2,2-4H3. The SMILES string of the molecule is C=C(C)OC(C)C.COc1ccc2ncnc(N3CCN(C(=O)Nc4ccc(OC(C)C)cc4)CC3)c2c1. The number of fused-ring (bicyclic) bond motifs is 1. The predicted octanol–water partition coefficient (Wildman–Crippen LogP) is 5.72. The minimum Gasteiger partial charge on any atom is -0.497 e. The molecule has 3 aromatic rings. The second-order valence-electron chi connectivity index (χ2n) is 9.54. The second-order valence-corrected chi connectivity index (χ2v) is 9.54. The molecule has 204 valence electrons. The van der Waals surface area contributed by atoms with Gasteiger partial charge >= 0.3 is 6.03 Å². The molecule has 0 aliphatic carbocycles. The first-order valence-electron chi connectivity index (χ1n) is 12.8. The summed E-state index contributed by atoms with van der Waals surface area (Å²) in [6, 6.07) is 13.1. The van der Waals surface area contributed by atoms with Gasteiger partial charge in [0.05, 0.1) is 30.6 Å². The zero-order valence-electron chi connectivity index (χ0n) is 23.2. The van der Waals surface area contributed by atoms with Crippen molar-refractivity contribution in [3.05, 3.63) is 61.1 Å². The number of rotatable bonds is 7. The van der Waals surface area contributed by atoms with Crippen molar-refractivity contribution in [3.63, 3.8) is 0 Å². The van der Waals surface area contributed by atoms with Crippen LogP contribution in [0.3, 0.4) is 0 Å². The molecule has 0 spiro atoms. The number of amides is 2. The molecule has 1 N–H and O–H groups in total. The quantitative estimate of drug-likeness (QED) is 0.398. The number of nitrogens with one attached hydrogen (secondary N) is 1. The van der Waals surface area contributed by atoms with Crippen LogP contribution in [0.25, 0.3) is 10.9 Å². The van der Waals surface area contributed by atoms with Crippen LogP contribution in [0.15, 0.2) is 61.1 Å². The Bertz CT molecular complexity index is 1210. The maximum Gasteiger partial charge on any atom is 0.321 e. The van der Waals surface area contributed by atoms with Crippen LogP contribution in [-0.4, -0.2) is 66.4 Å². The number of urea groups is 1. The van der Waals surface area contributed by atoms with Crippen molar-refractivity contribution in [2.24, 2.45) is 0 Å². The van der Waals surface area contributed by atoms with E-state index in [2.05, 4.69) is 26.8 Å². The fourth-order valence-electron chi connectivity index (χ4n) is 4.02. The summed E-state index contributed by atoms with van der Waals surface area (Å²) < 4.78 is 16.1. The average molecular weight is 522 g/mol. The lowest BCUT2D eigenvalue weighted by Crippen LogP contribution is -2.50. The van der Waals surface area contributed by atoms with Crippen LogP contribution in [0, 0.1) is 0 Å². The smallest absolute Gasteiger partial charge is 0.321 e. The van der Waals surface area contributed by atoms with Crippen LogP contribution in [-0.2, 0) is 4.74 Å². The summed E-state index contributed by atoms with van der Waals surface area (Å²) in [6.45, 7) is 15.9. The van der Waals surface area contributed by atoms with Crippen molar-refractivity contribution in [2.75, 3.05) is 43.5 Å². The fraction of sp³-hybridized carbons (Fsp3) is 0.414. The van der Waals surface area contributed by atoms with Crippen LogP contribution in [0.5, 0.6) is 11.5 Å². The van der Waals surface area contributed by atoms with Gasteiger partial charge in [-0.1, -0.05) is 6.58 Å². The lowest BCUT2D eigenvalue weighted by molar-refractivity contribution is 0.150. The summed E-state index contributed by atoms with van der Waals surface area (Å²) in [4.78, 5) is 25.5. The number of carbonyl (C=O) groups excluding carboxylic acids is 1. The van der Waals surface area contributed by atoms with Crippen molar-refractivity contribution < 1.29 is 19.0 Å². The first kappa shape index (κ1) is 28.6. The number of ether oxygens (including phenoxy) is 3. The highest BCUT2D eigenvalue weighted by molar-refractivity contribution is 5.91. The van der Waals surface area contributed by atoms with Gasteiger partial charge in [0.15, 0.2) is 0 Å². The number of aromatic nitrogens is 2. The summed E-state index contributed by atoms with van der Waals surface area (Å²) in [5.41, 5.74) is 1.62. The fourth-order valence-corrected chi connectivity index (χ4v) is 4.02. The van der Waals surface area contributed by atoms with E-state index in [9.17, 15) is 4.79 Å². The molecule has 0 unspecified atom stereocenters. The highest BCUT2D eigenvalue weighted by Crippen LogP contribution is 2.27. The monoisotopic (exact) mass is 521 g/mol. The van der Waals surface area contributed by atoms with Gasteiger partial charge in [0.25, 0.3) is 0 Å². The van der Waals surface area contributed by atoms with Crippen molar-refractivity contribution in [3.8, 4) is 11.5 Å². The molecule has 1 aliphatic rings. The van der Waals surface area contributed by atoms with Gasteiger partial charge in [-0.3, -0.25) is 0 Å². The van der Waals surface area contributed by atoms with Gasteiger partial charge in [0.1, 0.15) is 23.6 Å². The van der Waals surface area contributed by atoms with Crippen molar-refractivity contribution in [2.45, 2.75) is 46.8 Å². The number of hydrogen-bond donors (Lipinski definition) is 1. The summed E-state index contributed by atoms with van der Waals surface area (Å²) >= 11 is 0. The maximum atomic E-state index is 12.7. The van der Waals surface area contributed by atoms with E-state index in [1.807, 2.05) is 82.0 Å². The van der Waals surface area contributed by atoms with E-state index in [0.29, 0.717) is 26.2 Å². The number of methoxy groups -OCH3 is 1. The number of anilines is 2. The van der Waals surface area contributed by atoms with Gasteiger partial charge < -0.3 is 29.3 Å². The normalized spacial score (nSPS) is 13.2. The highest BCUT2D eigenvalue weighted by atomic mass is 16.5. The van der Waals surface area contributed by atoms with E-state index in [0.717, 1.165) is 39.7 Å². The molecule has 0 radical (unpaired) electrons. The van der Waals surface area contributed by atoms with Crippen LogP contribution in [0.2, 0.25) is 0 Å². The molecule has 1 aromatic heterocycles. The molecule has 38 heavy (non-hydrogen) atoms. The van der Waals surface area contributed by atoms with Gasteiger partial charge in [0, 0.05) is 37.3 Å². The lowest BCUT2D eigenvalue weighted by atomic mass is 10.2. The zero-order chi connectivity index (χ0) is 27.7. The highest BCUT2D eigenvalue weighted by Gasteiger charge is 2.23. The molecule has 1 aliphatic heterocycles. The molecular formula is C29H39N5O4. The first-order chi connectivity index (χ1) is 18.2. The summed E-state index contributed by atoms with van der Waals surface area (Å²) in [7, 11) is 1.65. The number of piperazine rings is 1. The van der Waals surface area contributed by atoms with Gasteiger partial charge in [-0.05, 0) is 77.1 Å². The minimum absolute atomic E-state index is 0.105. The topological polar surface area (TPSA) is 89.1 Å². The van der Waals surface area contributed by atoms with E-state index in [1.165, 1.54) is 0 Å². The number of benzene rings is 2. The van der Waals surface area contributed by atoms with Crippen molar-refractivity contribution in [1.29, 1.82) is 0 Å². The van der Waals surface area contributed by atoms with E-state index < -0.39 is 0 Å². The molecule has 0 atom stereocenters. The van der Waals surface area contributed by atoms with Gasteiger partial charge in [-0.25, -0.2) is 14.8 Å². The molecule has 4 rings (SSSR count). The summed E-state index contributed by atoms with van der Waals surface area (Å²) in [5.74, 6) is 3.21. The van der Waals surface area contributed by atoms with Crippen molar-refractivity contribution in [1.82, 2.24) is 14.9 Å².